The van der Waals surface area contributed by atoms with Crippen LogP contribution in [0.5, 0.6) is 0 Å². The zero-order chi connectivity index (χ0) is 47.7. The van der Waals surface area contributed by atoms with Crippen molar-refractivity contribution in [3.63, 3.8) is 0 Å². The molecule has 6 nitrogen and oxygen atoms in total. The highest BCUT2D eigenvalue weighted by Gasteiger charge is 2.19. The van der Waals surface area contributed by atoms with Gasteiger partial charge in [-0.25, -0.2) is 0 Å². The third kappa shape index (κ3) is 51.6. The average Bonchev–Trinajstić information content (AvgIpc) is 3.28. The molecule has 0 saturated carbocycles. The van der Waals surface area contributed by atoms with E-state index in [-0.39, 0.29) is 31.1 Å². The van der Waals surface area contributed by atoms with Crippen LogP contribution in [0, 0.1) is 17.8 Å². The van der Waals surface area contributed by atoms with E-state index in [0.29, 0.717) is 19.3 Å². The van der Waals surface area contributed by atoms with Gasteiger partial charge in [-0.1, -0.05) is 286 Å². The molecule has 0 rings (SSSR count). The molecule has 0 radical (unpaired) electrons. The Bertz CT molecular complexity index is 1010. The van der Waals surface area contributed by atoms with E-state index in [1.165, 1.54) is 205 Å². The number of rotatable bonds is 52. The number of ether oxygens (including phenoxy) is 3. The molecule has 0 aromatic carbocycles. The summed E-state index contributed by atoms with van der Waals surface area (Å²) >= 11 is 0. The van der Waals surface area contributed by atoms with Gasteiger partial charge in [0.25, 0.3) is 0 Å². The van der Waals surface area contributed by atoms with E-state index in [1.807, 2.05) is 0 Å². The summed E-state index contributed by atoms with van der Waals surface area (Å²) < 4.78 is 16.9. The van der Waals surface area contributed by atoms with Crippen LogP contribution in [0.1, 0.15) is 324 Å². The number of carbonyl (C=O) groups excluding carboxylic acids is 3. The standard InChI is InChI=1S/C59H114O6/c1-7-55(6)47-41-35-31-32-37-43-49-58(61)64-52-56(65-59(62)50-44-38-30-26-22-18-14-16-20-24-28-34-40-46-54(4)5)51-63-57(60)48-42-36-29-25-21-17-13-11-9-8-10-12-15-19-23-27-33-39-45-53(2)3/h53-56H,7-52H2,1-6H3/t55?,56-/m0/s1. The molecule has 0 aromatic heterocycles. The Morgan fingerprint density at radius 1 is 0.308 bits per heavy atom. The van der Waals surface area contributed by atoms with Crippen LogP contribution in [0.4, 0.5) is 0 Å². The minimum atomic E-state index is -0.764. The third-order valence-corrected chi connectivity index (χ3v) is 13.8. The van der Waals surface area contributed by atoms with Crippen LogP contribution in [0.3, 0.4) is 0 Å². The van der Waals surface area contributed by atoms with E-state index in [0.717, 1.165) is 75.5 Å². The second-order valence-corrected chi connectivity index (χ2v) is 21.5. The second-order valence-electron chi connectivity index (χ2n) is 21.5. The highest BCUT2D eigenvalue weighted by atomic mass is 16.6. The molecule has 65 heavy (non-hydrogen) atoms. The minimum Gasteiger partial charge on any atom is -0.462 e. The summed E-state index contributed by atoms with van der Waals surface area (Å²) in [7, 11) is 0. The van der Waals surface area contributed by atoms with Gasteiger partial charge < -0.3 is 14.2 Å². The first-order chi connectivity index (χ1) is 31.6. The van der Waals surface area contributed by atoms with Crippen molar-refractivity contribution in [3.8, 4) is 0 Å². The van der Waals surface area contributed by atoms with E-state index in [1.54, 1.807) is 0 Å². The molecule has 0 heterocycles. The third-order valence-electron chi connectivity index (χ3n) is 13.8. The SMILES string of the molecule is CCC(C)CCCCCCCCC(=O)OC[C@H](COC(=O)CCCCCCCCCCCCCCCCCCCCC(C)C)OC(=O)CCCCCCCCCCCCCCCC(C)C. The van der Waals surface area contributed by atoms with Gasteiger partial charge in [-0.2, -0.15) is 0 Å². The summed E-state index contributed by atoms with van der Waals surface area (Å²) in [4.78, 5) is 38.1. The zero-order valence-electron chi connectivity index (χ0n) is 44.8. The van der Waals surface area contributed by atoms with Gasteiger partial charge in [0.05, 0.1) is 0 Å². The monoisotopic (exact) mass is 919 g/mol. The van der Waals surface area contributed by atoms with E-state index in [4.69, 9.17) is 14.2 Å². The normalized spacial score (nSPS) is 12.6. The Kier molecular flexibility index (Phi) is 49.1. The quantitative estimate of drug-likeness (QED) is 0.0344. The van der Waals surface area contributed by atoms with Crippen molar-refractivity contribution in [1.29, 1.82) is 0 Å². The fourth-order valence-corrected chi connectivity index (χ4v) is 8.97. The Balaban J connectivity index is 4.22. The maximum atomic E-state index is 12.8. The molecule has 0 bridgehead atoms. The lowest BCUT2D eigenvalue weighted by Crippen LogP contribution is -2.30. The summed E-state index contributed by atoms with van der Waals surface area (Å²) in [5, 5.41) is 0. The second kappa shape index (κ2) is 50.3. The maximum Gasteiger partial charge on any atom is 0.306 e. The summed E-state index contributed by atoms with van der Waals surface area (Å²) in [5.74, 6) is 1.66. The average molecular weight is 920 g/mol. The van der Waals surface area contributed by atoms with Crippen molar-refractivity contribution in [2.24, 2.45) is 17.8 Å². The van der Waals surface area contributed by atoms with Crippen molar-refractivity contribution in [1.82, 2.24) is 0 Å². The Morgan fingerprint density at radius 3 is 0.800 bits per heavy atom. The van der Waals surface area contributed by atoms with Crippen LogP contribution in [-0.4, -0.2) is 37.2 Å². The molecule has 1 unspecified atom stereocenters. The molecular weight excluding hydrogens is 805 g/mol. The van der Waals surface area contributed by atoms with E-state index in [2.05, 4.69) is 41.5 Å². The van der Waals surface area contributed by atoms with Gasteiger partial charge in [-0.05, 0) is 37.0 Å². The minimum absolute atomic E-state index is 0.0642. The van der Waals surface area contributed by atoms with Crippen molar-refractivity contribution < 1.29 is 28.6 Å². The molecule has 0 aliphatic rings. The van der Waals surface area contributed by atoms with Crippen LogP contribution >= 0.6 is 0 Å². The number of carbonyl (C=O) groups is 3. The molecule has 6 heteroatoms. The molecular formula is C59H114O6. The van der Waals surface area contributed by atoms with Crippen LogP contribution in [0.25, 0.3) is 0 Å². The summed E-state index contributed by atoms with van der Waals surface area (Å²) in [5.41, 5.74) is 0. The van der Waals surface area contributed by atoms with Gasteiger partial charge in [0.2, 0.25) is 0 Å². The van der Waals surface area contributed by atoms with Crippen molar-refractivity contribution in [2.45, 2.75) is 330 Å². The van der Waals surface area contributed by atoms with E-state index in [9.17, 15) is 14.4 Å². The van der Waals surface area contributed by atoms with Gasteiger partial charge in [0.1, 0.15) is 13.2 Å². The Labute approximate surface area is 406 Å². The lowest BCUT2D eigenvalue weighted by Gasteiger charge is -2.18. The topological polar surface area (TPSA) is 78.9 Å². The first-order valence-corrected chi connectivity index (χ1v) is 29.1. The molecule has 0 saturated heterocycles. The predicted molar refractivity (Wildman–Crippen MR) is 279 cm³/mol. The number of hydrogen-bond donors (Lipinski definition) is 0. The first-order valence-electron chi connectivity index (χ1n) is 29.1. The number of unbranched alkanes of at least 4 members (excludes halogenated alkanes) is 34. The van der Waals surface area contributed by atoms with Gasteiger partial charge in [0, 0.05) is 19.3 Å². The maximum absolute atomic E-state index is 12.8. The molecule has 0 spiro atoms. The summed E-state index contributed by atoms with van der Waals surface area (Å²) in [6.45, 7) is 13.7. The largest absolute Gasteiger partial charge is 0.462 e. The predicted octanol–water partition coefficient (Wildman–Crippen LogP) is 19.1. The van der Waals surface area contributed by atoms with Gasteiger partial charge in [0.15, 0.2) is 6.10 Å². The van der Waals surface area contributed by atoms with E-state index >= 15 is 0 Å². The van der Waals surface area contributed by atoms with Crippen LogP contribution in [0.2, 0.25) is 0 Å². The Hall–Kier alpha value is -1.59. The van der Waals surface area contributed by atoms with Gasteiger partial charge >= 0.3 is 17.9 Å². The molecule has 0 amide bonds. The molecule has 0 N–H and O–H groups in total. The zero-order valence-corrected chi connectivity index (χ0v) is 44.8. The lowest BCUT2D eigenvalue weighted by atomic mass is 10.00. The molecule has 0 fully saturated rings. The van der Waals surface area contributed by atoms with E-state index < -0.39 is 6.10 Å². The molecule has 386 valence electrons. The highest BCUT2D eigenvalue weighted by Crippen LogP contribution is 2.19. The highest BCUT2D eigenvalue weighted by molar-refractivity contribution is 5.71. The van der Waals surface area contributed by atoms with Crippen molar-refractivity contribution >= 4 is 17.9 Å². The fraction of sp³-hybridized carbons (Fsp3) is 0.949. The Morgan fingerprint density at radius 2 is 0.538 bits per heavy atom. The molecule has 0 aliphatic heterocycles. The molecule has 2 atom stereocenters. The fourth-order valence-electron chi connectivity index (χ4n) is 8.97. The smallest absolute Gasteiger partial charge is 0.306 e. The first kappa shape index (κ1) is 63.4. The summed E-state index contributed by atoms with van der Waals surface area (Å²) in [6.07, 6.45) is 52.5. The summed E-state index contributed by atoms with van der Waals surface area (Å²) in [6, 6.07) is 0. The van der Waals surface area contributed by atoms with Crippen LogP contribution < -0.4 is 0 Å². The van der Waals surface area contributed by atoms with Crippen LogP contribution in [-0.2, 0) is 28.6 Å². The molecule has 0 aliphatic carbocycles. The van der Waals surface area contributed by atoms with Gasteiger partial charge in [-0.3, -0.25) is 14.4 Å². The van der Waals surface area contributed by atoms with Crippen molar-refractivity contribution in [2.75, 3.05) is 13.2 Å². The van der Waals surface area contributed by atoms with Crippen LogP contribution in [0.15, 0.2) is 0 Å². The number of esters is 3. The lowest BCUT2D eigenvalue weighted by molar-refractivity contribution is -0.167. The molecule has 0 aromatic rings. The number of hydrogen-bond acceptors (Lipinski definition) is 6. The van der Waals surface area contributed by atoms with Gasteiger partial charge in [-0.15, -0.1) is 0 Å². The van der Waals surface area contributed by atoms with Crippen molar-refractivity contribution in [3.05, 3.63) is 0 Å².